The molecule has 1 amide bonds. The molecule has 0 aliphatic heterocycles. The maximum Gasteiger partial charge on any atom is 0.236 e. The number of hydrogen-bond acceptors (Lipinski definition) is 8. The van der Waals surface area contributed by atoms with E-state index < -0.39 is 15.4 Å². The number of anilines is 2. The van der Waals surface area contributed by atoms with Gasteiger partial charge in [0.2, 0.25) is 21.8 Å². The molecule has 11 heteroatoms. The summed E-state index contributed by atoms with van der Waals surface area (Å²) in [5.74, 6) is 1.96. The van der Waals surface area contributed by atoms with E-state index in [0.29, 0.717) is 72.9 Å². The molecule has 2 atom stereocenters. The first-order valence-corrected chi connectivity index (χ1v) is 14.5. The molecule has 3 saturated carbocycles. The summed E-state index contributed by atoms with van der Waals surface area (Å²) in [6, 6.07) is 9.09. The van der Waals surface area contributed by atoms with Crippen molar-refractivity contribution in [3.63, 3.8) is 0 Å². The Kier molecular flexibility index (Phi) is 6.05. The largest absolute Gasteiger partial charge is 0.477 e. The molecule has 2 N–H and O–H groups in total. The van der Waals surface area contributed by atoms with Crippen molar-refractivity contribution >= 4 is 27.4 Å². The Labute approximate surface area is 221 Å². The molecule has 3 aliphatic carbocycles. The molecule has 2 heterocycles. The molecule has 198 valence electrons. The summed E-state index contributed by atoms with van der Waals surface area (Å²) in [6.45, 7) is 4.12. The van der Waals surface area contributed by atoms with E-state index in [1.54, 1.807) is 25.4 Å². The normalized spacial score (nSPS) is 23.9. The van der Waals surface area contributed by atoms with Gasteiger partial charge in [-0.2, -0.15) is 0 Å². The minimum Gasteiger partial charge on any atom is -0.477 e. The fourth-order valence-electron chi connectivity index (χ4n) is 5.45. The molecular formula is C27H30N6O4S. The molecule has 2 unspecified atom stereocenters. The third-order valence-electron chi connectivity index (χ3n) is 7.61. The second kappa shape index (κ2) is 9.30. The summed E-state index contributed by atoms with van der Waals surface area (Å²) in [5, 5.41) is 2.72. The average Bonchev–Trinajstić information content (AvgIpc) is 3.82. The Balaban J connectivity index is 1.25. The zero-order chi connectivity index (χ0) is 26.5. The van der Waals surface area contributed by atoms with E-state index in [9.17, 15) is 13.2 Å². The van der Waals surface area contributed by atoms with Crippen LogP contribution in [0.4, 0.5) is 11.5 Å². The van der Waals surface area contributed by atoms with Gasteiger partial charge >= 0.3 is 0 Å². The molecule has 10 nitrogen and oxygen atoms in total. The smallest absolute Gasteiger partial charge is 0.236 e. The van der Waals surface area contributed by atoms with E-state index in [0.717, 1.165) is 12.0 Å². The van der Waals surface area contributed by atoms with Crippen molar-refractivity contribution in [2.75, 3.05) is 16.6 Å². The van der Waals surface area contributed by atoms with Gasteiger partial charge in [-0.25, -0.2) is 23.4 Å². The maximum atomic E-state index is 13.9. The monoisotopic (exact) mass is 534 g/mol. The number of ether oxygens (including phenoxy) is 1. The molecule has 0 spiro atoms. The van der Waals surface area contributed by atoms with Crippen LogP contribution < -0.4 is 14.8 Å². The highest BCUT2D eigenvalue weighted by atomic mass is 32.2. The summed E-state index contributed by atoms with van der Waals surface area (Å²) in [4.78, 5) is 31.5. The standard InChI is InChI=1S/C27H30N6O4S/c1-3-37-25-15-28-14-22(32-25)17-4-6-20(7-5-17)31-26(34)27(12-18-10-19(18)13-27)23-11-24(30-16(2)29-23)33-38(35,36)21-8-9-21/h4-7,11,14-15,18-19,21H,3,8-10,12-13H2,1-2H3,(H,31,34)(H,29,30,33). The minimum atomic E-state index is -3.48. The summed E-state index contributed by atoms with van der Waals surface area (Å²) < 4.78 is 33.1. The fraction of sp³-hybridized carbons (Fsp3) is 0.444. The number of nitrogens with zero attached hydrogens (tertiary/aromatic N) is 4. The summed E-state index contributed by atoms with van der Waals surface area (Å²) >= 11 is 0. The van der Waals surface area contributed by atoms with Crippen LogP contribution in [-0.2, 0) is 20.2 Å². The van der Waals surface area contributed by atoms with Crippen molar-refractivity contribution in [1.29, 1.82) is 0 Å². The van der Waals surface area contributed by atoms with Crippen LogP contribution in [0.2, 0.25) is 0 Å². The molecule has 3 aromatic rings. The van der Waals surface area contributed by atoms with Crippen LogP contribution >= 0.6 is 0 Å². The van der Waals surface area contributed by atoms with Crippen molar-refractivity contribution in [2.45, 2.75) is 56.6 Å². The van der Waals surface area contributed by atoms with Crippen LogP contribution in [0.1, 0.15) is 50.5 Å². The molecule has 1 aromatic carbocycles. The van der Waals surface area contributed by atoms with E-state index in [1.807, 2.05) is 31.2 Å². The first-order valence-electron chi connectivity index (χ1n) is 13.0. The van der Waals surface area contributed by atoms with Gasteiger partial charge in [-0.05, 0) is 69.9 Å². The van der Waals surface area contributed by atoms with Crippen molar-refractivity contribution < 1.29 is 17.9 Å². The number of carbonyl (C=O) groups excluding carboxylic acids is 1. The van der Waals surface area contributed by atoms with Crippen LogP contribution in [0.25, 0.3) is 11.3 Å². The number of sulfonamides is 1. The Morgan fingerprint density at radius 2 is 1.82 bits per heavy atom. The molecule has 6 rings (SSSR count). The third-order valence-corrected chi connectivity index (χ3v) is 9.45. The molecular weight excluding hydrogens is 504 g/mol. The van der Waals surface area contributed by atoms with E-state index in [2.05, 4.69) is 30.0 Å². The highest BCUT2D eigenvalue weighted by Gasteiger charge is 2.59. The number of amides is 1. The number of carbonyl (C=O) groups is 1. The topological polar surface area (TPSA) is 136 Å². The third kappa shape index (κ3) is 4.82. The van der Waals surface area contributed by atoms with Gasteiger partial charge in [0.1, 0.15) is 11.6 Å². The van der Waals surface area contributed by atoms with Gasteiger partial charge in [-0.1, -0.05) is 12.1 Å². The number of aromatic nitrogens is 4. The molecule has 0 radical (unpaired) electrons. The summed E-state index contributed by atoms with van der Waals surface area (Å²) in [5.41, 5.74) is 1.93. The van der Waals surface area contributed by atoms with Gasteiger partial charge in [-0.3, -0.25) is 14.5 Å². The van der Waals surface area contributed by atoms with Gasteiger partial charge in [-0.15, -0.1) is 0 Å². The molecule has 2 aromatic heterocycles. The lowest BCUT2D eigenvalue weighted by atomic mass is 9.78. The van der Waals surface area contributed by atoms with Crippen LogP contribution in [0.15, 0.2) is 42.7 Å². The van der Waals surface area contributed by atoms with Gasteiger partial charge in [0.15, 0.2) is 0 Å². The molecule has 0 saturated heterocycles. The van der Waals surface area contributed by atoms with Crippen LogP contribution in [0, 0.1) is 18.8 Å². The second-order valence-electron chi connectivity index (χ2n) is 10.5. The van der Waals surface area contributed by atoms with Crippen molar-refractivity contribution in [1.82, 2.24) is 19.9 Å². The van der Waals surface area contributed by atoms with Crippen LogP contribution in [0.5, 0.6) is 5.88 Å². The number of nitrogens with one attached hydrogen (secondary N) is 2. The number of aryl methyl sites for hydroxylation is 1. The Morgan fingerprint density at radius 3 is 2.50 bits per heavy atom. The van der Waals surface area contributed by atoms with Gasteiger partial charge < -0.3 is 10.1 Å². The first-order chi connectivity index (χ1) is 18.3. The van der Waals surface area contributed by atoms with E-state index in [1.165, 1.54) is 0 Å². The quantitative estimate of drug-likeness (QED) is 0.422. The predicted octanol–water partition coefficient (Wildman–Crippen LogP) is 3.85. The van der Waals surface area contributed by atoms with E-state index >= 15 is 0 Å². The molecule has 3 fully saturated rings. The Bertz CT molecular complexity index is 1480. The average molecular weight is 535 g/mol. The Hall–Kier alpha value is -3.60. The van der Waals surface area contributed by atoms with Crippen molar-refractivity contribution in [2.24, 2.45) is 11.8 Å². The van der Waals surface area contributed by atoms with E-state index in [4.69, 9.17) is 4.74 Å². The fourth-order valence-corrected chi connectivity index (χ4v) is 6.77. The highest BCUT2D eigenvalue weighted by Crippen LogP contribution is 2.60. The predicted molar refractivity (Wildman–Crippen MR) is 142 cm³/mol. The van der Waals surface area contributed by atoms with Crippen molar-refractivity contribution in [3.8, 4) is 17.1 Å². The summed E-state index contributed by atoms with van der Waals surface area (Å²) in [7, 11) is -3.48. The SMILES string of the molecule is CCOc1cncc(-c2ccc(NC(=O)C3(c4cc(NS(=O)(=O)C5CC5)nc(C)n4)CC4CC4C3)cc2)n1. The summed E-state index contributed by atoms with van der Waals surface area (Å²) in [6.07, 6.45) is 7.05. The number of fused-ring (bicyclic) bond motifs is 1. The number of rotatable bonds is 9. The van der Waals surface area contributed by atoms with Crippen LogP contribution in [0.3, 0.4) is 0 Å². The molecule has 3 aliphatic rings. The molecule has 0 bridgehead atoms. The first kappa shape index (κ1) is 24.7. The van der Waals surface area contributed by atoms with E-state index in [-0.39, 0.29) is 17.0 Å². The highest BCUT2D eigenvalue weighted by molar-refractivity contribution is 7.93. The van der Waals surface area contributed by atoms with Crippen LogP contribution in [-0.4, -0.2) is 46.1 Å². The lowest BCUT2D eigenvalue weighted by Crippen LogP contribution is -2.40. The van der Waals surface area contributed by atoms with Gasteiger partial charge in [0.25, 0.3) is 0 Å². The second-order valence-corrected chi connectivity index (χ2v) is 12.4. The Morgan fingerprint density at radius 1 is 1.08 bits per heavy atom. The number of benzene rings is 1. The zero-order valence-electron chi connectivity index (χ0n) is 21.3. The minimum absolute atomic E-state index is 0.135. The van der Waals surface area contributed by atoms with Crippen molar-refractivity contribution in [3.05, 3.63) is 54.2 Å². The number of hydrogen-bond donors (Lipinski definition) is 2. The maximum absolute atomic E-state index is 13.9. The molecule has 38 heavy (non-hydrogen) atoms. The van der Waals surface area contributed by atoms with Gasteiger partial charge in [0, 0.05) is 17.3 Å². The van der Waals surface area contributed by atoms with Gasteiger partial charge in [0.05, 0.1) is 41.1 Å². The lowest BCUT2D eigenvalue weighted by Gasteiger charge is -2.29. The zero-order valence-corrected chi connectivity index (χ0v) is 22.2. The lowest BCUT2D eigenvalue weighted by molar-refractivity contribution is -0.122.